The lowest BCUT2D eigenvalue weighted by Crippen LogP contribution is -2.25. The zero-order valence-electron chi connectivity index (χ0n) is 18.9. The van der Waals surface area contributed by atoms with Gasteiger partial charge in [-0.15, -0.1) is 11.3 Å². The Morgan fingerprint density at radius 3 is 2.84 bits per heavy atom. The highest BCUT2D eigenvalue weighted by atomic mass is 35.5. The van der Waals surface area contributed by atoms with Gasteiger partial charge < -0.3 is 9.88 Å². The van der Waals surface area contributed by atoms with E-state index in [1.165, 1.54) is 25.0 Å². The van der Waals surface area contributed by atoms with E-state index in [0.29, 0.717) is 11.8 Å². The van der Waals surface area contributed by atoms with Crippen molar-refractivity contribution in [1.29, 1.82) is 0 Å². The first-order chi connectivity index (χ1) is 15.5. The number of thiazole rings is 1. The summed E-state index contributed by atoms with van der Waals surface area (Å²) in [6.45, 7) is 5.91. The number of rotatable bonds is 8. The Bertz CT molecular complexity index is 1040. The third-order valence-corrected chi connectivity index (χ3v) is 7.73. The molecule has 1 aliphatic carbocycles. The predicted molar refractivity (Wildman–Crippen MR) is 134 cm³/mol. The van der Waals surface area contributed by atoms with Gasteiger partial charge in [0, 0.05) is 46.9 Å². The van der Waals surface area contributed by atoms with Crippen molar-refractivity contribution in [3.05, 3.63) is 63.9 Å². The number of nitrogens with zero attached hydrogens (tertiary/aromatic N) is 2. The molecular formula is C26H32ClN3OS. The molecule has 1 N–H and O–H groups in total. The van der Waals surface area contributed by atoms with Crippen molar-refractivity contribution in [1.82, 2.24) is 14.9 Å². The van der Waals surface area contributed by atoms with Crippen LogP contribution in [0.1, 0.15) is 73.1 Å². The molecule has 0 saturated heterocycles. The number of amides is 1. The number of halogens is 1. The van der Waals surface area contributed by atoms with Crippen LogP contribution in [0.4, 0.5) is 0 Å². The van der Waals surface area contributed by atoms with E-state index in [4.69, 9.17) is 16.6 Å². The van der Waals surface area contributed by atoms with E-state index in [2.05, 4.69) is 35.3 Å². The first-order valence-electron chi connectivity index (χ1n) is 11.7. The summed E-state index contributed by atoms with van der Waals surface area (Å²) in [5, 5.41) is 7.09. The van der Waals surface area contributed by atoms with Gasteiger partial charge in [-0.2, -0.15) is 0 Å². The van der Waals surface area contributed by atoms with Crippen molar-refractivity contribution in [3.63, 3.8) is 0 Å². The number of carbonyl (C=O) groups is 1. The minimum Gasteiger partial charge on any atom is -0.352 e. The van der Waals surface area contributed by atoms with E-state index in [9.17, 15) is 4.79 Å². The van der Waals surface area contributed by atoms with Gasteiger partial charge >= 0.3 is 0 Å². The molecule has 1 amide bonds. The van der Waals surface area contributed by atoms with Crippen molar-refractivity contribution >= 4 is 28.8 Å². The van der Waals surface area contributed by atoms with Crippen molar-refractivity contribution in [2.45, 2.75) is 64.8 Å². The minimum atomic E-state index is 0.0495. The Morgan fingerprint density at radius 2 is 2.06 bits per heavy atom. The molecule has 2 atom stereocenters. The summed E-state index contributed by atoms with van der Waals surface area (Å²) in [6.07, 6.45) is 9.01. The number of unbranched alkanes of at least 4 members (excludes halogenated alkanes) is 1. The lowest BCUT2D eigenvalue weighted by molar-refractivity contribution is 0.0952. The SMILES string of the molecule is CCCCNC(=O)c1ccn(CC2CCCC(c3csc(-c4ccc(Cl)cc4)n3)C2)c1C. The average molecular weight is 470 g/mol. The molecule has 4 nitrogen and oxygen atoms in total. The summed E-state index contributed by atoms with van der Waals surface area (Å²) >= 11 is 7.75. The summed E-state index contributed by atoms with van der Waals surface area (Å²) in [7, 11) is 0. The molecule has 0 radical (unpaired) electrons. The molecule has 1 fully saturated rings. The van der Waals surface area contributed by atoms with Crippen LogP contribution >= 0.6 is 22.9 Å². The first-order valence-corrected chi connectivity index (χ1v) is 13.0. The number of aromatic nitrogens is 2. The highest BCUT2D eigenvalue weighted by Gasteiger charge is 2.26. The van der Waals surface area contributed by atoms with E-state index >= 15 is 0 Å². The van der Waals surface area contributed by atoms with E-state index in [0.717, 1.165) is 59.2 Å². The monoisotopic (exact) mass is 469 g/mol. The zero-order chi connectivity index (χ0) is 22.5. The third kappa shape index (κ3) is 5.44. The van der Waals surface area contributed by atoms with Gasteiger partial charge in [0.15, 0.2) is 0 Å². The summed E-state index contributed by atoms with van der Waals surface area (Å²) in [4.78, 5) is 17.5. The summed E-state index contributed by atoms with van der Waals surface area (Å²) in [5.41, 5.74) is 4.23. The largest absolute Gasteiger partial charge is 0.352 e. The van der Waals surface area contributed by atoms with Crippen molar-refractivity contribution in [3.8, 4) is 10.6 Å². The molecule has 0 aliphatic heterocycles. The van der Waals surface area contributed by atoms with Crippen molar-refractivity contribution in [2.75, 3.05) is 6.54 Å². The molecule has 32 heavy (non-hydrogen) atoms. The number of hydrogen-bond donors (Lipinski definition) is 1. The molecule has 3 aromatic rings. The normalized spacial score (nSPS) is 18.6. The molecule has 1 aromatic carbocycles. The molecule has 2 unspecified atom stereocenters. The maximum Gasteiger partial charge on any atom is 0.253 e. The van der Waals surface area contributed by atoms with Crippen LogP contribution in [0.3, 0.4) is 0 Å². The van der Waals surface area contributed by atoms with Crippen LogP contribution in [-0.2, 0) is 6.54 Å². The van der Waals surface area contributed by atoms with E-state index in [1.807, 2.05) is 30.3 Å². The van der Waals surface area contributed by atoms with E-state index in [1.54, 1.807) is 11.3 Å². The Morgan fingerprint density at radius 1 is 1.25 bits per heavy atom. The predicted octanol–water partition coefficient (Wildman–Crippen LogP) is 7.08. The van der Waals surface area contributed by atoms with Gasteiger partial charge in [-0.1, -0.05) is 43.5 Å². The second-order valence-corrected chi connectivity index (χ2v) is 10.2. The summed E-state index contributed by atoms with van der Waals surface area (Å²) in [6, 6.07) is 9.90. The van der Waals surface area contributed by atoms with Gasteiger partial charge in [-0.3, -0.25) is 4.79 Å². The summed E-state index contributed by atoms with van der Waals surface area (Å²) in [5.74, 6) is 1.17. The quantitative estimate of drug-likeness (QED) is 0.358. The lowest BCUT2D eigenvalue weighted by atomic mass is 9.80. The highest BCUT2D eigenvalue weighted by Crippen LogP contribution is 2.39. The fraction of sp³-hybridized carbons (Fsp3) is 0.462. The molecule has 0 spiro atoms. The molecular weight excluding hydrogens is 438 g/mol. The maximum atomic E-state index is 12.5. The maximum absolute atomic E-state index is 12.5. The fourth-order valence-electron chi connectivity index (χ4n) is 4.67. The number of benzene rings is 1. The van der Waals surface area contributed by atoms with E-state index < -0.39 is 0 Å². The van der Waals surface area contributed by atoms with Gasteiger partial charge in [0.1, 0.15) is 5.01 Å². The molecule has 4 rings (SSSR count). The van der Waals surface area contributed by atoms with Crippen LogP contribution in [0.25, 0.3) is 10.6 Å². The second-order valence-electron chi connectivity index (χ2n) is 8.89. The number of carbonyl (C=O) groups excluding carboxylic acids is 1. The first kappa shape index (κ1) is 23.1. The Hall–Kier alpha value is -2.11. The Balaban J connectivity index is 1.39. The number of nitrogens with one attached hydrogen (secondary N) is 1. The van der Waals surface area contributed by atoms with Gasteiger partial charge in [-0.25, -0.2) is 4.98 Å². The zero-order valence-corrected chi connectivity index (χ0v) is 20.5. The van der Waals surface area contributed by atoms with Crippen LogP contribution < -0.4 is 5.32 Å². The smallest absolute Gasteiger partial charge is 0.253 e. The topological polar surface area (TPSA) is 46.9 Å². The van der Waals surface area contributed by atoms with Crippen LogP contribution in [0.2, 0.25) is 5.02 Å². The summed E-state index contributed by atoms with van der Waals surface area (Å²) < 4.78 is 2.27. The molecule has 2 aromatic heterocycles. The average Bonchev–Trinajstić information content (AvgIpc) is 3.42. The van der Waals surface area contributed by atoms with E-state index in [-0.39, 0.29) is 5.91 Å². The number of hydrogen-bond acceptors (Lipinski definition) is 3. The molecule has 6 heteroatoms. The molecule has 170 valence electrons. The Labute approximate surface area is 200 Å². The second kappa shape index (κ2) is 10.7. The van der Waals surface area contributed by atoms with Gasteiger partial charge in [-0.05, 0) is 56.7 Å². The van der Waals surface area contributed by atoms with Crippen LogP contribution in [0, 0.1) is 12.8 Å². The molecule has 1 saturated carbocycles. The van der Waals surface area contributed by atoms with Crippen LogP contribution in [0.5, 0.6) is 0 Å². The van der Waals surface area contributed by atoms with Crippen LogP contribution in [0.15, 0.2) is 41.9 Å². The third-order valence-electron chi connectivity index (χ3n) is 6.57. The molecule has 1 aliphatic rings. The minimum absolute atomic E-state index is 0.0495. The fourth-order valence-corrected chi connectivity index (χ4v) is 5.70. The van der Waals surface area contributed by atoms with Gasteiger partial charge in [0.25, 0.3) is 5.91 Å². The lowest BCUT2D eigenvalue weighted by Gasteiger charge is -2.29. The van der Waals surface area contributed by atoms with Gasteiger partial charge in [0.05, 0.1) is 11.3 Å². The van der Waals surface area contributed by atoms with Crippen molar-refractivity contribution in [2.24, 2.45) is 5.92 Å². The standard InChI is InChI=1S/C26H32ClN3OS/c1-3-4-13-28-25(31)23-12-14-30(18(23)2)16-19-6-5-7-21(15-19)24-17-32-26(29-24)20-8-10-22(27)11-9-20/h8-12,14,17,19,21H,3-7,13,15-16H2,1-2H3,(H,28,31). The van der Waals surface area contributed by atoms with Crippen molar-refractivity contribution < 1.29 is 4.79 Å². The Kier molecular flexibility index (Phi) is 7.69. The van der Waals surface area contributed by atoms with Crippen LogP contribution in [-0.4, -0.2) is 22.0 Å². The van der Waals surface area contributed by atoms with Gasteiger partial charge in [0.2, 0.25) is 0 Å². The molecule has 0 bridgehead atoms. The highest BCUT2D eigenvalue weighted by molar-refractivity contribution is 7.13. The molecule has 2 heterocycles.